The lowest BCUT2D eigenvalue weighted by Crippen LogP contribution is -2.20. The third kappa shape index (κ3) is 4.78. The number of hydrogen-bond donors (Lipinski definition) is 0. The van der Waals surface area contributed by atoms with Crippen molar-refractivity contribution in [1.29, 1.82) is 0 Å². The maximum absolute atomic E-state index is 6.00. The molecule has 0 heterocycles. The summed E-state index contributed by atoms with van der Waals surface area (Å²) < 4.78 is 11.4. The molecule has 0 bridgehead atoms. The van der Waals surface area contributed by atoms with Crippen molar-refractivity contribution in [3.8, 4) is 0 Å². The van der Waals surface area contributed by atoms with Crippen molar-refractivity contribution in [2.75, 3.05) is 18.5 Å². The molecule has 1 aromatic rings. The van der Waals surface area contributed by atoms with E-state index in [0.717, 1.165) is 11.9 Å². The average Bonchev–Trinajstić information content (AvgIpc) is 2.34. The molecule has 0 saturated heterocycles. The third-order valence-electron chi connectivity index (χ3n) is 2.63. The van der Waals surface area contributed by atoms with Crippen LogP contribution in [0.25, 0.3) is 0 Å². The average molecular weight is 301 g/mol. The maximum atomic E-state index is 6.00. The first-order valence-corrected chi connectivity index (χ1v) is 7.15. The van der Waals surface area contributed by atoms with Crippen molar-refractivity contribution in [2.24, 2.45) is 0 Å². The molecule has 0 aliphatic heterocycles. The summed E-state index contributed by atoms with van der Waals surface area (Å²) in [5.41, 5.74) is 2.51. The van der Waals surface area contributed by atoms with E-state index in [1.807, 2.05) is 19.9 Å². The van der Waals surface area contributed by atoms with Crippen LogP contribution in [-0.4, -0.2) is 24.6 Å². The van der Waals surface area contributed by atoms with E-state index in [0.29, 0.717) is 6.61 Å². The van der Waals surface area contributed by atoms with Gasteiger partial charge in [-0.2, -0.15) is 0 Å². The molecule has 0 saturated carbocycles. The predicted molar refractivity (Wildman–Crippen MR) is 74.8 cm³/mol. The lowest BCUT2D eigenvalue weighted by atomic mass is 10.0. The van der Waals surface area contributed by atoms with Crippen LogP contribution in [0.4, 0.5) is 0 Å². The third-order valence-corrected chi connectivity index (χ3v) is 3.22. The van der Waals surface area contributed by atoms with Crippen molar-refractivity contribution in [3.05, 3.63) is 35.4 Å². The Balaban J connectivity index is 2.62. The summed E-state index contributed by atoms with van der Waals surface area (Å²) in [5, 5.41) is 0.800. The van der Waals surface area contributed by atoms with Crippen LogP contribution in [0.2, 0.25) is 0 Å². The normalized spacial score (nSPS) is 14.6. The quantitative estimate of drug-likeness (QED) is 0.712. The molecule has 0 amide bonds. The van der Waals surface area contributed by atoms with E-state index < -0.39 is 0 Å². The van der Waals surface area contributed by atoms with E-state index in [2.05, 4.69) is 41.1 Å². The second kappa shape index (κ2) is 7.85. The zero-order valence-corrected chi connectivity index (χ0v) is 12.4. The molecule has 0 radical (unpaired) electrons. The van der Waals surface area contributed by atoms with Gasteiger partial charge < -0.3 is 9.47 Å². The Morgan fingerprint density at radius 1 is 1.29 bits per heavy atom. The number of benzene rings is 1. The fraction of sp³-hybridized carbons (Fsp3) is 0.571. The van der Waals surface area contributed by atoms with Crippen LogP contribution >= 0.6 is 15.9 Å². The maximum Gasteiger partial charge on any atom is 0.0928 e. The molecule has 17 heavy (non-hydrogen) atoms. The summed E-state index contributed by atoms with van der Waals surface area (Å²) >= 11 is 3.52. The summed E-state index contributed by atoms with van der Waals surface area (Å²) in [5.74, 6) is 0. The van der Waals surface area contributed by atoms with Gasteiger partial charge in [-0.3, -0.25) is 0 Å². The highest BCUT2D eigenvalue weighted by atomic mass is 79.9. The van der Waals surface area contributed by atoms with Crippen LogP contribution in [-0.2, 0) is 9.47 Å². The molecule has 0 spiro atoms. The van der Waals surface area contributed by atoms with E-state index in [-0.39, 0.29) is 12.2 Å². The predicted octanol–water partition coefficient (Wildman–Crippen LogP) is 3.87. The van der Waals surface area contributed by atoms with Crippen LogP contribution in [0, 0.1) is 6.92 Å². The van der Waals surface area contributed by atoms with Crippen LogP contribution in [0.15, 0.2) is 24.3 Å². The van der Waals surface area contributed by atoms with Gasteiger partial charge in [0.2, 0.25) is 0 Å². The zero-order valence-electron chi connectivity index (χ0n) is 10.8. The molecule has 2 atom stereocenters. The minimum atomic E-state index is 0.0895. The first kappa shape index (κ1) is 14.7. The molecule has 0 fully saturated rings. The Hall–Kier alpha value is -0.380. The monoisotopic (exact) mass is 300 g/mol. The van der Waals surface area contributed by atoms with Gasteiger partial charge in [-0.05, 0) is 31.9 Å². The Labute approximate surface area is 112 Å². The molecule has 0 aromatic heterocycles. The molecule has 96 valence electrons. The summed E-state index contributed by atoms with van der Waals surface area (Å²) in [4.78, 5) is 0. The van der Waals surface area contributed by atoms with E-state index in [1.54, 1.807) is 0 Å². The molecule has 0 aliphatic rings. The minimum Gasteiger partial charge on any atom is -0.379 e. The van der Waals surface area contributed by atoms with Crippen molar-refractivity contribution in [2.45, 2.75) is 33.0 Å². The van der Waals surface area contributed by atoms with Gasteiger partial charge in [0, 0.05) is 11.9 Å². The molecule has 2 nitrogen and oxygen atoms in total. The van der Waals surface area contributed by atoms with Crippen LogP contribution in [0.5, 0.6) is 0 Å². The number of aryl methyl sites for hydroxylation is 1. The Kier molecular flexibility index (Phi) is 6.78. The standard InChI is InChI=1S/C14H21BrO2/c1-4-16-10-12(3)17-14(9-15)13-8-6-5-7-11(13)2/h5-8,12,14H,4,9-10H2,1-3H3. The Morgan fingerprint density at radius 2 is 2.00 bits per heavy atom. The first-order valence-electron chi connectivity index (χ1n) is 6.03. The van der Waals surface area contributed by atoms with E-state index in [1.165, 1.54) is 11.1 Å². The highest BCUT2D eigenvalue weighted by Crippen LogP contribution is 2.24. The van der Waals surface area contributed by atoms with Gasteiger partial charge in [0.05, 0.1) is 18.8 Å². The van der Waals surface area contributed by atoms with Crippen molar-refractivity contribution < 1.29 is 9.47 Å². The van der Waals surface area contributed by atoms with Gasteiger partial charge in [-0.25, -0.2) is 0 Å². The van der Waals surface area contributed by atoms with Gasteiger partial charge in [0.15, 0.2) is 0 Å². The van der Waals surface area contributed by atoms with Gasteiger partial charge in [-0.15, -0.1) is 0 Å². The van der Waals surface area contributed by atoms with Crippen LogP contribution < -0.4 is 0 Å². The fourth-order valence-electron chi connectivity index (χ4n) is 1.74. The fourth-order valence-corrected chi connectivity index (χ4v) is 2.25. The van der Waals surface area contributed by atoms with Gasteiger partial charge in [-0.1, -0.05) is 40.2 Å². The minimum absolute atomic E-state index is 0.0895. The summed E-state index contributed by atoms with van der Waals surface area (Å²) in [6.07, 6.45) is 0.198. The molecule has 1 aromatic carbocycles. The van der Waals surface area contributed by atoms with Gasteiger partial charge >= 0.3 is 0 Å². The van der Waals surface area contributed by atoms with Crippen molar-refractivity contribution in [1.82, 2.24) is 0 Å². The number of rotatable bonds is 7. The van der Waals surface area contributed by atoms with Gasteiger partial charge in [0.1, 0.15) is 0 Å². The largest absolute Gasteiger partial charge is 0.379 e. The number of hydrogen-bond acceptors (Lipinski definition) is 2. The summed E-state index contributed by atoms with van der Waals surface area (Å²) in [6, 6.07) is 8.33. The smallest absolute Gasteiger partial charge is 0.0928 e. The Bertz CT molecular complexity index is 328. The second-order valence-electron chi connectivity index (χ2n) is 4.11. The SMILES string of the molecule is CCOCC(C)OC(CBr)c1ccccc1C. The molecule has 0 N–H and O–H groups in total. The van der Waals surface area contributed by atoms with E-state index in [4.69, 9.17) is 9.47 Å². The van der Waals surface area contributed by atoms with Crippen molar-refractivity contribution in [3.63, 3.8) is 0 Å². The summed E-state index contributed by atoms with van der Waals surface area (Å²) in [7, 11) is 0. The molecular weight excluding hydrogens is 280 g/mol. The second-order valence-corrected chi connectivity index (χ2v) is 4.75. The molecule has 1 rings (SSSR count). The van der Waals surface area contributed by atoms with Crippen LogP contribution in [0.3, 0.4) is 0 Å². The highest BCUT2D eigenvalue weighted by Gasteiger charge is 2.16. The number of ether oxygens (including phenoxy) is 2. The van der Waals surface area contributed by atoms with E-state index >= 15 is 0 Å². The van der Waals surface area contributed by atoms with E-state index in [9.17, 15) is 0 Å². The lowest BCUT2D eigenvalue weighted by Gasteiger charge is -2.22. The number of alkyl halides is 1. The lowest BCUT2D eigenvalue weighted by molar-refractivity contribution is -0.0385. The molecule has 0 aliphatic carbocycles. The van der Waals surface area contributed by atoms with Gasteiger partial charge in [0.25, 0.3) is 0 Å². The zero-order chi connectivity index (χ0) is 12.7. The highest BCUT2D eigenvalue weighted by molar-refractivity contribution is 9.09. The van der Waals surface area contributed by atoms with Crippen molar-refractivity contribution >= 4 is 15.9 Å². The Morgan fingerprint density at radius 3 is 2.59 bits per heavy atom. The molecule has 3 heteroatoms. The topological polar surface area (TPSA) is 18.5 Å². The molecule has 2 unspecified atom stereocenters. The first-order chi connectivity index (χ1) is 8.19. The number of halogens is 1. The van der Waals surface area contributed by atoms with Crippen LogP contribution in [0.1, 0.15) is 31.1 Å². The summed E-state index contributed by atoms with van der Waals surface area (Å²) in [6.45, 7) is 7.53. The molecular formula is C14H21BrO2.